The highest BCUT2D eigenvalue weighted by atomic mass is 32.1. The van der Waals surface area contributed by atoms with E-state index in [9.17, 15) is 9.59 Å². The van der Waals surface area contributed by atoms with Crippen molar-refractivity contribution in [3.63, 3.8) is 0 Å². The quantitative estimate of drug-likeness (QED) is 0.197. The molecule has 2 aromatic carbocycles. The summed E-state index contributed by atoms with van der Waals surface area (Å²) in [6, 6.07) is 14.4. The number of rotatable bonds is 10. The lowest BCUT2D eigenvalue weighted by atomic mass is 10.2. The van der Waals surface area contributed by atoms with Gasteiger partial charge in [0.05, 0.1) is 12.8 Å². The highest BCUT2D eigenvalue weighted by Gasteiger charge is 2.11. The molecule has 0 atom stereocenters. The van der Waals surface area contributed by atoms with E-state index in [1.807, 2.05) is 50.3 Å². The predicted octanol–water partition coefficient (Wildman–Crippen LogP) is 6.40. The SMILES string of the molecule is CC/C=C\CC(=O)Oc1ccc(-c2nnc(-c3ccc(OC(=O)C/C=C\CC)cc3)s2)cc1. The van der Waals surface area contributed by atoms with E-state index in [1.54, 1.807) is 36.4 Å². The van der Waals surface area contributed by atoms with Crippen LogP contribution in [0.1, 0.15) is 39.5 Å². The Labute approximate surface area is 197 Å². The number of hydrogen-bond donors (Lipinski definition) is 0. The molecule has 0 radical (unpaired) electrons. The average Bonchev–Trinajstić information content (AvgIpc) is 3.31. The first-order chi connectivity index (χ1) is 16.1. The second kappa shape index (κ2) is 12.5. The van der Waals surface area contributed by atoms with Crippen LogP contribution in [-0.2, 0) is 9.59 Å². The summed E-state index contributed by atoms with van der Waals surface area (Å²) in [4.78, 5) is 23.6. The minimum absolute atomic E-state index is 0.253. The second-order valence-corrected chi connectivity index (χ2v) is 8.05. The van der Waals surface area contributed by atoms with E-state index in [0.29, 0.717) is 11.5 Å². The number of allylic oxidation sites excluding steroid dienone is 2. The Balaban J connectivity index is 1.60. The second-order valence-electron chi connectivity index (χ2n) is 7.08. The number of nitrogens with zero attached hydrogens (tertiary/aromatic N) is 2. The van der Waals surface area contributed by atoms with Crippen LogP contribution in [0.25, 0.3) is 21.1 Å². The van der Waals surface area contributed by atoms with Gasteiger partial charge in [0.25, 0.3) is 0 Å². The maximum absolute atomic E-state index is 11.8. The summed E-state index contributed by atoms with van der Waals surface area (Å²) in [7, 11) is 0. The van der Waals surface area contributed by atoms with Gasteiger partial charge in [0.2, 0.25) is 0 Å². The molecule has 0 aliphatic rings. The first-order valence-electron chi connectivity index (χ1n) is 10.8. The molecule has 0 saturated carbocycles. The Bertz CT molecular complexity index is 1030. The first-order valence-corrected chi connectivity index (χ1v) is 11.7. The summed E-state index contributed by atoms with van der Waals surface area (Å²) in [6.07, 6.45) is 9.77. The van der Waals surface area contributed by atoms with Crippen LogP contribution in [0.2, 0.25) is 0 Å². The summed E-state index contributed by atoms with van der Waals surface area (Å²) in [5.74, 6) is 0.400. The third kappa shape index (κ3) is 7.50. The minimum atomic E-state index is -0.294. The summed E-state index contributed by atoms with van der Waals surface area (Å²) in [6.45, 7) is 4.03. The molecule has 0 unspecified atom stereocenters. The van der Waals surface area contributed by atoms with Crippen LogP contribution in [0.15, 0.2) is 72.8 Å². The van der Waals surface area contributed by atoms with E-state index in [0.717, 1.165) is 34.0 Å². The maximum Gasteiger partial charge on any atom is 0.315 e. The zero-order valence-electron chi connectivity index (χ0n) is 18.7. The lowest BCUT2D eigenvalue weighted by molar-refractivity contribution is -0.134. The van der Waals surface area contributed by atoms with E-state index in [1.165, 1.54) is 11.3 Å². The molecule has 0 aliphatic heterocycles. The topological polar surface area (TPSA) is 78.4 Å². The van der Waals surface area contributed by atoms with Crippen LogP contribution in [-0.4, -0.2) is 22.1 Å². The van der Waals surface area contributed by atoms with Gasteiger partial charge in [0.1, 0.15) is 21.5 Å². The molecular weight excluding hydrogens is 436 g/mol. The van der Waals surface area contributed by atoms with Crippen molar-refractivity contribution in [3.05, 3.63) is 72.8 Å². The Morgan fingerprint density at radius 1 is 0.697 bits per heavy atom. The fourth-order valence-electron chi connectivity index (χ4n) is 2.83. The van der Waals surface area contributed by atoms with Crippen LogP contribution >= 0.6 is 11.3 Å². The highest BCUT2D eigenvalue weighted by Crippen LogP contribution is 2.31. The molecule has 3 rings (SSSR count). The van der Waals surface area contributed by atoms with Gasteiger partial charge in [0, 0.05) is 11.1 Å². The summed E-state index contributed by atoms with van der Waals surface area (Å²) >= 11 is 1.45. The van der Waals surface area contributed by atoms with E-state index in [4.69, 9.17) is 9.47 Å². The van der Waals surface area contributed by atoms with Gasteiger partial charge in [0.15, 0.2) is 0 Å². The van der Waals surface area contributed by atoms with Crippen molar-refractivity contribution in [2.45, 2.75) is 39.5 Å². The third-order valence-electron chi connectivity index (χ3n) is 4.46. The minimum Gasteiger partial charge on any atom is -0.426 e. The molecule has 170 valence electrons. The van der Waals surface area contributed by atoms with Gasteiger partial charge < -0.3 is 9.47 Å². The zero-order chi connectivity index (χ0) is 23.5. The average molecular weight is 463 g/mol. The summed E-state index contributed by atoms with van der Waals surface area (Å²) in [5.41, 5.74) is 1.77. The van der Waals surface area contributed by atoms with E-state index < -0.39 is 0 Å². The largest absolute Gasteiger partial charge is 0.426 e. The fraction of sp³-hybridized carbons (Fsp3) is 0.231. The lowest BCUT2D eigenvalue weighted by Gasteiger charge is -2.03. The molecule has 6 nitrogen and oxygen atoms in total. The van der Waals surface area contributed by atoms with Gasteiger partial charge >= 0.3 is 11.9 Å². The Hall–Kier alpha value is -3.58. The molecule has 0 aliphatic carbocycles. The number of carbonyl (C=O) groups is 2. The van der Waals surface area contributed by atoms with Crippen LogP contribution in [0.3, 0.4) is 0 Å². The van der Waals surface area contributed by atoms with Crippen molar-refractivity contribution >= 4 is 23.3 Å². The monoisotopic (exact) mass is 462 g/mol. The summed E-state index contributed by atoms with van der Waals surface area (Å²) < 4.78 is 10.7. The molecular formula is C26H26N2O4S. The van der Waals surface area contributed by atoms with Crippen LogP contribution in [0.5, 0.6) is 11.5 Å². The standard InChI is InChI=1S/C26H26N2O4S/c1-3-5-7-9-23(29)31-21-15-11-19(12-16-21)25-27-28-26(33-25)20-13-17-22(18-14-20)32-24(30)10-8-6-4-2/h5-8,11-18H,3-4,9-10H2,1-2H3/b7-5-,8-6-. The van der Waals surface area contributed by atoms with Crippen molar-refractivity contribution in [3.8, 4) is 32.6 Å². The normalized spacial score (nSPS) is 11.2. The number of benzene rings is 2. The zero-order valence-corrected chi connectivity index (χ0v) is 19.5. The van der Waals surface area contributed by atoms with E-state index >= 15 is 0 Å². The van der Waals surface area contributed by atoms with Crippen LogP contribution < -0.4 is 9.47 Å². The fourth-order valence-corrected chi connectivity index (χ4v) is 3.68. The van der Waals surface area contributed by atoms with Crippen molar-refractivity contribution in [2.24, 2.45) is 0 Å². The van der Waals surface area contributed by atoms with Crippen molar-refractivity contribution < 1.29 is 19.1 Å². The lowest BCUT2D eigenvalue weighted by Crippen LogP contribution is -2.05. The molecule has 0 spiro atoms. The van der Waals surface area contributed by atoms with Gasteiger partial charge in [-0.15, -0.1) is 10.2 Å². The Morgan fingerprint density at radius 3 is 1.45 bits per heavy atom. The van der Waals surface area contributed by atoms with Gasteiger partial charge in [-0.1, -0.05) is 49.5 Å². The van der Waals surface area contributed by atoms with Crippen LogP contribution in [0, 0.1) is 0 Å². The molecule has 3 aromatic rings. The van der Waals surface area contributed by atoms with E-state index in [2.05, 4.69) is 10.2 Å². The van der Waals surface area contributed by atoms with Crippen molar-refractivity contribution in [2.75, 3.05) is 0 Å². The molecule has 0 fully saturated rings. The van der Waals surface area contributed by atoms with Gasteiger partial charge in [-0.25, -0.2) is 0 Å². The molecule has 0 saturated heterocycles. The number of ether oxygens (including phenoxy) is 2. The van der Waals surface area contributed by atoms with Gasteiger partial charge in [-0.2, -0.15) is 0 Å². The maximum atomic E-state index is 11.8. The number of esters is 2. The molecule has 1 aromatic heterocycles. The number of carbonyl (C=O) groups excluding carboxylic acids is 2. The summed E-state index contributed by atoms with van der Waals surface area (Å²) in [5, 5.41) is 10.1. The molecule has 0 amide bonds. The third-order valence-corrected chi connectivity index (χ3v) is 5.49. The van der Waals surface area contributed by atoms with Gasteiger partial charge in [-0.05, 0) is 61.4 Å². The van der Waals surface area contributed by atoms with E-state index in [-0.39, 0.29) is 24.8 Å². The van der Waals surface area contributed by atoms with Crippen molar-refractivity contribution in [1.29, 1.82) is 0 Å². The molecule has 0 bridgehead atoms. The molecule has 33 heavy (non-hydrogen) atoms. The highest BCUT2D eigenvalue weighted by molar-refractivity contribution is 7.17. The predicted molar refractivity (Wildman–Crippen MR) is 130 cm³/mol. The molecule has 1 heterocycles. The Kier molecular flexibility index (Phi) is 9.08. The van der Waals surface area contributed by atoms with Gasteiger partial charge in [-0.3, -0.25) is 9.59 Å². The smallest absolute Gasteiger partial charge is 0.315 e. The first kappa shape index (κ1) is 24.1. The molecule has 7 heteroatoms. The molecule has 0 N–H and O–H groups in total. The number of aromatic nitrogens is 2. The van der Waals surface area contributed by atoms with Crippen LogP contribution in [0.4, 0.5) is 0 Å². The Morgan fingerprint density at radius 2 is 1.09 bits per heavy atom. The van der Waals surface area contributed by atoms with Crippen molar-refractivity contribution in [1.82, 2.24) is 10.2 Å². The number of hydrogen-bond acceptors (Lipinski definition) is 7.